The van der Waals surface area contributed by atoms with Crippen LogP contribution in [0.4, 0.5) is 5.69 Å². The number of carbonyl (C=O) groups excluding carboxylic acids is 1. The predicted octanol–water partition coefficient (Wildman–Crippen LogP) is 2.86. The fraction of sp³-hybridized carbons (Fsp3) is 0.364. The molecule has 0 atom stereocenters. The first kappa shape index (κ1) is 21.2. The second kappa shape index (κ2) is 10.3. The van der Waals surface area contributed by atoms with Crippen LogP contribution in [0.5, 0.6) is 0 Å². The lowest BCUT2D eigenvalue weighted by atomic mass is 10.2. The van der Waals surface area contributed by atoms with Crippen LogP contribution in [0, 0.1) is 11.3 Å². The average Bonchev–Trinajstić information content (AvgIpc) is 3.47. The summed E-state index contributed by atoms with van der Waals surface area (Å²) >= 11 is 1.60. The summed E-state index contributed by atoms with van der Waals surface area (Å²) in [6.07, 6.45) is 1.73. The molecule has 2 aromatic heterocycles. The highest BCUT2D eigenvalue weighted by molar-refractivity contribution is 7.13. The molecule has 9 heteroatoms. The van der Waals surface area contributed by atoms with Crippen LogP contribution in [-0.4, -0.2) is 65.1 Å². The Kier molecular flexibility index (Phi) is 7.04. The third kappa shape index (κ3) is 5.98. The van der Waals surface area contributed by atoms with Gasteiger partial charge in [0.05, 0.1) is 23.1 Å². The van der Waals surface area contributed by atoms with Gasteiger partial charge in [-0.25, -0.2) is 0 Å². The van der Waals surface area contributed by atoms with Crippen molar-refractivity contribution < 1.29 is 9.32 Å². The summed E-state index contributed by atoms with van der Waals surface area (Å²) in [4.78, 5) is 22.3. The molecule has 3 heterocycles. The van der Waals surface area contributed by atoms with Gasteiger partial charge in [-0.05, 0) is 48.7 Å². The largest absolute Gasteiger partial charge is 0.339 e. The third-order valence-corrected chi connectivity index (χ3v) is 6.07. The van der Waals surface area contributed by atoms with E-state index >= 15 is 0 Å². The highest BCUT2D eigenvalue weighted by Crippen LogP contribution is 2.21. The van der Waals surface area contributed by atoms with Crippen molar-refractivity contribution in [1.82, 2.24) is 19.9 Å². The minimum Gasteiger partial charge on any atom is -0.339 e. The van der Waals surface area contributed by atoms with Gasteiger partial charge in [0.1, 0.15) is 0 Å². The van der Waals surface area contributed by atoms with Crippen LogP contribution in [-0.2, 0) is 11.2 Å². The van der Waals surface area contributed by atoms with E-state index in [1.54, 1.807) is 35.6 Å². The summed E-state index contributed by atoms with van der Waals surface area (Å²) in [7, 11) is 0. The molecule has 0 unspecified atom stereocenters. The van der Waals surface area contributed by atoms with Gasteiger partial charge in [0.15, 0.2) is 0 Å². The number of amides is 1. The molecule has 4 rings (SSSR count). The van der Waals surface area contributed by atoms with Crippen LogP contribution in [0.3, 0.4) is 0 Å². The minimum absolute atomic E-state index is 0.0314. The fourth-order valence-corrected chi connectivity index (χ4v) is 4.17. The van der Waals surface area contributed by atoms with Crippen molar-refractivity contribution in [3.63, 3.8) is 0 Å². The van der Waals surface area contributed by atoms with Gasteiger partial charge in [0, 0.05) is 38.3 Å². The SMILES string of the molecule is N#Cc1ccc(NC(=O)CN2CCN(CCCc3nc(-c4cccs4)no3)CC2)cc1. The van der Waals surface area contributed by atoms with E-state index in [9.17, 15) is 4.79 Å². The Morgan fingerprint density at radius 3 is 2.65 bits per heavy atom. The number of rotatable bonds is 8. The van der Waals surface area contributed by atoms with Crippen LogP contribution in [0.2, 0.25) is 0 Å². The smallest absolute Gasteiger partial charge is 0.238 e. The van der Waals surface area contributed by atoms with Gasteiger partial charge in [-0.1, -0.05) is 11.2 Å². The molecule has 8 nitrogen and oxygen atoms in total. The van der Waals surface area contributed by atoms with E-state index < -0.39 is 0 Å². The number of carbonyl (C=O) groups is 1. The zero-order valence-corrected chi connectivity index (χ0v) is 18.0. The van der Waals surface area contributed by atoms with E-state index in [1.807, 2.05) is 17.5 Å². The first-order valence-electron chi connectivity index (χ1n) is 10.3. The summed E-state index contributed by atoms with van der Waals surface area (Å²) in [6, 6.07) is 12.9. The Morgan fingerprint density at radius 1 is 1.16 bits per heavy atom. The van der Waals surface area contributed by atoms with Crippen molar-refractivity contribution in [2.45, 2.75) is 12.8 Å². The van der Waals surface area contributed by atoms with Crippen molar-refractivity contribution in [1.29, 1.82) is 5.26 Å². The van der Waals surface area contributed by atoms with E-state index in [2.05, 4.69) is 31.3 Å². The van der Waals surface area contributed by atoms with Gasteiger partial charge >= 0.3 is 0 Å². The molecule has 0 radical (unpaired) electrons. The van der Waals surface area contributed by atoms with Crippen molar-refractivity contribution in [2.24, 2.45) is 0 Å². The van der Waals surface area contributed by atoms with Gasteiger partial charge in [-0.2, -0.15) is 10.2 Å². The predicted molar refractivity (Wildman–Crippen MR) is 119 cm³/mol. The fourth-order valence-electron chi connectivity index (χ4n) is 3.52. The molecule has 3 aromatic rings. The molecule has 1 aliphatic heterocycles. The number of anilines is 1. The molecule has 1 amide bonds. The van der Waals surface area contributed by atoms with Crippen molar-refractivity contribution in [3.05, 3.63) is 53.2 Å². The topological polar surface area (TPSA) is 98.3 Å². The monoisotopic (exact) mass is 436 g/mol. The first-order valence-corrected chi connectivity index (χ1v) is 11.2. The lowest BCUT2D eigenvalue weighted by Gasteiger charge is -2.34. The molecule has 0 aliphatic carbocycles. The normalized spacial score (nSPS) is 14.9. The van der Waals surface area contributed by atoms with E-state index in [0.717, 1.165) is 50.4 Å². The number of hydrogen-bond donors (Lipinski definition) is 1. The number of nitriles is 1. The zero-order valence-electron chi connectivity index (χ0n) is 17.2. The van der Waals surface area contributed by atoms with Gasteiger partial charge in [-0.15, -0.1) is 11.3 Å². The summed E-state index contributed by atoms with van der Waals surface area (Å²) in [6.45, 7) is 4.96. The summed E-state index contributed by atoms with van der Waals surface area (Å²) in [5.41, 5.74) is 1.29. The van der Waals surface area contributed by atoms with Crippen molar-refractivity contribution in [2.75, 3.05) is 44.6 Å². The van der Waals surface area contributed by atoms with Gasteiger partial charge in [0.25, 0.3) is 0 Å². The Bertz CT molecular complexity index is 1020. The number of aromatic nitrogens is 2. The Morgan fingerprint density at radius 2 is 1.94 bits per heavy atom. The second-order valence-corrected chi connectivity index (χ2v) is 8.40. The molecule has 160 valence electrons. The maximum Gasteiger partial charge on any atom is 0.238 e. The standard InChI is InChI=1S/C22H24N6O2S/c23-15-17-5-7-18(8-6-17)24-20(29)16-28-12-10-27(11-13-28)9-1-4-21-25-22(26-30-21)19-3-2-14-31-19/h2-3,5-8,14H,1,4,9-13,16H2,(H,24,29). The van der Waals surface area contributed by atoms with Crippen LogP contribution >= 0.6 is 11.3 Å². The van der Waals surface area contributed by atoms with Gasteiger partial charge < -0.3 is 14.7 Å². The Balaban J connectivity index is 1.14. The molecular weight excluding hydrogens is 412 g/mol. The summed E-state index contributed by atoms with van der Waals surface area (Å²) in [5, 5.41) is 17.8. The van der Waals surface area contributed by atoms with E-state index in [1.165, 1.54) is 0 Å². The number of piperazine rings is 1. The molecule has 1 saturated heterocycles. The van der Waals surface area contributed by atoms with Crippen molar-refractivity contribution in [3.8, 4) is 16.8 Å². The number of nitrogens with one attached hydrogen (secondary N) is 1. The van der Waals surface area contributed by atoms with E-state index in [0.29, 0.717) is 29.5 Å². The molecule has 1 aliphatic rings. The van der Waals surface area contributed by atoms with Crippen LogP contribution in [0.15, 0.2) is 46.3 Å². The molecule has 31 heavy (non-hydrogen) atoms. The number of aryl methyl sites for hydroxylation is 1. The highest BCUT2D eigenvalue weighted by atomic mass is 32.1. The minimum atomic E-state index is -0.0314. The van der Waals surface area contributed by atoms with Gasteiger partial charge in [0.2, 0.25) is 17.6 Å². The number of hydrogen-bond acceptors (Lipinski definition) is 8. The lowest BCUT2D eigenvalue weighted by Crippen LogP contribution is -2.48. The maximum absolute atomic E-state index is 12.3. The quantitative estimate of drug-likeness (QED) is 0.580. The average molecular weight is 437 g/mol. The molecule has 0 spiro atoms. The number of thiophene rings is 1. The van der Waals surface area contributed by atoms with Crippen LogP contribution in [0.1, 0.15) is 17.9 Å². The van der Waals surface area contributed by atoms with E-state index in [-0.39, 0.29) is 5.91 Å². The summed E-state index contributed by atoms with van der Waals surface area (Å²) in [5.74, 6) is 1.32. The zero-order chi connectivity index (χ0) is 21.5. The molecule has 0 bridgehead atoms. The maximum atomic E-state index is 12.3. The van der Waals surface area contributed by atoms with Crippen LogP contribution < -0.4 is 5.32 Å². The lowest BCUT2D eigenvalue weighted by molar-refractivity contribution is -0.117. The van der Waals surface area contributed by atoms with E-state index in [4.69, 9.17) is 9.78 Å². The summed E-state index contributed by atoms with van der Waals surface area (Å²) < 4.78 is 5.36. The Hall–Kier alpha value is -3.06. The second-order valence-electron chi connectivity index (χ2n) is 7.45. The number of nitrogens with zero attached hydrogens (tertiary/aromatic N) is 5. The molecule has 1 fully saturated rings. The molecule has 1 N–H and O–H groups in total. The van der Waals surface area contributed by atoms with Crippen molar-refractivity contribution >= 4 is 22.9 Å². The van der Waals surface area contributed by atoms with Gasteiger partial charge in [-0.3, -0.25) is 9.69 Å². The number of benzene rings is 1. The molecule has 1 aromatic carbocycles. The highest BCUT2D eigenvalue weighted by Gasteiger charge is 2.19. The van der Waals surface area contributed by atoms with Crippen LogP contribution in [0.25, 0.3) is 10.7 Å². The molecule has 0 saturated carbocycles. The molecular formula is C22H24N6O2S. The first-order chi connectivity index (χ1) is 15.2. The Labute approximate surface area is 185 Å². The third-order valence-electron chi connectivity index (χ3n) is 5.20.